The normalized spacial score (nSPS) is 17.8. The minimum Gasteiger partial charge on any atom is -0.463 e. The second kappa shape index (κ2) is 7.53. The molecule has 1 saturated heterocycles. The molecule has 0 saturated carbocycles. The Bertz CT molecular complexity index is 669. The van der Waals surface area contributed by atoms with Gasteiger partial charge in [-0.25, -0.2) is 22.7 Å². The van der Waals surface area contributed by atoms with E-state index in [1.54, 1.807) is 0 Å². The van der Waals surface area contributed by atoms with Crippen LogP contribution < -0.4 is 4.72 Å². The zero-order valence-corrected chi connectivity index (χ0v) is 13.3. The number of hydrogen-bond donors (Lipinski definition) is 1. The van der Waals surface area contributed by atoms with Crippen molar-refractivity contribution in [2.24, 2.45) is 0 Å². The molecular formula is C14H17NO7S. The molecule has 0 amide bonds. The van der Waals surface area contributed by atoms with Crippen molar-refractivity contribution in [1.29, 1.82) is 0 Å². The molecule has 2 rings (SSSR count). The van der Waals surface area contributed by atoms with Crippen molar-refractivity contribution in [3.05, 3.63) is 29.8 Å². The first-order chi connectivity index (χ1) is 10.9. The molecule has 0 aromatic heterocycles. The number of rotatable bonds is 7. The highest BCUT2D eigenvalue weighted by Crippen LogP contribution is 2.15. The van der Waals surface area contributed by atoms with Crippen LogP contribution in [0.5, 0.6) is 0 Å². The molecular weight excluding hydrogens is 326 g/mol. The van der Waals surface area contributed by atoms with Crippen molar-refractivity contribution in [1.82, 2.24) is 4.72 Å². The average Bonchev–Trinajstić information content (AvgIpc) is 2.93. The van der Waals surface area contributed by atoms with E-state index in [2.05, 4.69) is 4.72 Å². The maximum Gasteiger partial charge on any atom is 0.347 e. The first-order valence-electron chi connectivity index (χ1n) is 6.90. The molecule has 8 nitrogen and oxygen atoms in total. The van der Waals surface area contributed by atoms with Gasteiger partial charge in [-0.15, -0.1) is 0 Å². The summed E-state index contributed by atoms with van der Waals surface area (Å²) >= 11 is 0. The van der Waals surface area contributed by atoms with Gasteiger partial charge < -0.3 is 14.2 Å². The Morgan fingerprint density at radius 3 is 2.61 bits per heavy atom. The van der Waals surface area contributed by atoms with Gasteiger partial charge in [0.15, 0.2) is 0 Å². The van der Waals surface area contributed by atoms with E-state index < -0.39 is 28.1 Å². The minimum absolute atomic E-state index is 0.0189. The van der Waals surface area contributed by atoms with Gasteiger partial charge in [0, 0.05) is 20.1 Å². The number of carbonyl (C=O) groups excluding carboxylic acids is 2. The third-order valence-electron chi connectivity index (χ3n) is 3.14. The predicted octanol–water partition coefficient (Wildman–Crippen LogP) is 0.0836. The summed E-state index contributed by atoms with van der Waals surface area (Å²) in [7, 11) is -2.20. The molecule has 1 N–H and O–H groups in total. The number of sulfonamides is 1. The number of hydrogen-bond acceptors (Lipinski definition) is 7. The van der Waals surface area contributed by atoms with Gasteiger partial charge in [-0.05, 0) is 24.3 Å². The molecule has 1 aliphatic rings. The zero-order valence-electron chi connectivity index (χ0n) is 12.5. The van der Waals surface area contributed by atoms with Gasteiger partial charge in [-0.1, -0.05) is 0 Å². The molecule has 1 atom stereocenters. The Morgan fingerprint density at radius 2 is 2.04 bits per heavy atom. The third-order valence-corrected chi connectivity index (χ3v) is 4.61. The monoisotopic (exact) mass is 343 g/mol. The molecule has 9 heteroatoms. The van der Waals surface area contributed by atoms with Crippen molar-refractivity contribution < 1.29 is 32.2 Å². The van der Waals surface area contributed by atoms with E-state index in [1.165, 1.54) is 31.4 Å². The average molecular weight is 343 g/mol. The first-order valence-corrected chi connectivity index (χ1v) is 8.38. The summed E-state index contributed by atoms with van der Waals surface area (Å²) in [6.07, 6.45) is -0.581. The molecule has 0 radical (unpaired) electrons. The quantitative estimate of drug-likeness (QED) is 0.552. The van der Waals surface area contributed by atoms with Gasteiger partial charge in [-0.3, -0.25) is 0 Å². The highest BCUT2D eigenvalue weighted by Gasteiger charge is 2.30. The second-order valence-corrected chi connectivity index (χ2v) is 6.53. The lowest BCUT2D eigenvalue weighted by molar-refractivity contribution is -0.145. The van der Waals surface area contributed by atoms with Gasteiger partial charge in [0.1, 0.15) is 0 Å². The highest BCUT2D eigenvalue weighted by atomic mass is 32.2. The molecule has 0 spiro atoms. The molecule has 1 aromatic rings. The summed E-state index contributed by atoms with van der Waals surface area (Å²) in [4.78, 5) is 23.2. The van der Waals surface area contributed by atoms with Crippen molar-refractivity contribution in [3.8, 4) is 0 Å². The number of methoxy groups -OCH3 is 1. The molecule has 126 valence electrons. The number of benzene rings is 1. The van der Waals surface area contributed by atoms with Gasteiger partial charge >= 0.3 is 11.9 Å². The SMILES string of the molecule is COCCNS(=O)(=O)c1ccc(C(=O)O[C@H]2CCOC2=O)cc1. The summed E-state index contributed by atoms with van der Waals surface area (Å²) in [6, 6.07) is 5.23. The fourth-order valence-corrected chi connectivity index (χ4v) is 2.93. The molecule has 1 heterocycles. The van der Waals surface area contributed by atoms with Crippen LogP contribution in [0.3, 0.4) is 0 Å². The lowest BCUT2D eigenvalue weighted by atomic mass is 10.2. The predicted molar refractivity (Wildman–Crippen MR) is 78.3 cm³/mol. The fourth-order valence-electron chi connectivity index (χ4n) is 1.91. The molecule has 0 unspecified atom stereocenters. The van der Waals surface area contributed by atoms with Crippen LogP contribution >= 0.6 is 0 Å². The summed E-state index contributed by atoms with van der Waals surface area (Å²) in [5, 5.41) is 0. The molecule has 1 aromatic carbocycles. The zero-order chi connectivity index (χ0) is 16.9. The van der Waals surface area contributed by atoms with E-state index >= 15 is 0 Å². The Hall–Kier alpha value is -1.97. The van der Waals surface area contributed by atoms with Gasteiger partial charge in [0.25, 0.3) is 0 Å². The van der Waals surface area contributed by atoms with Crippen molar-refractivity contribution >= 4 is 22.0 Å². The number of carbonyl (C=O) groups is 2. The lowest BCUT2D eigenvalue weighted by Crippen LogP contribution is -2.27. The highest BCUT2D eigenvalue weighted by molar-refractivity contribution is 7.89. The smallest absolute Gasteiger partial charge is 0.347 e. The van der Waals surface area contributed by atoms with Crippen molar-refractivity contribution in [2.75, 3.05) is 26.9 Å². The molecule has 23 heavy (non-hydrogen) atoms. The molecule has 1 fully saturated rings. The van der Waals surface area contributed by atoms with Crippen molar-refractivity contribution in [2.45, 2.75) is 17.4 Å². The van der Waals surface area contributed by atoms with E-state index in [0.717, 1.165) is 0 Å². The minimum atomic E-state index is -3.66. The van der Waals surface area contributed by atoms with Crippen LogP contribution in [0, 0.1) is 0 Å². The Morgan fingerprint density at radius 1 is 1.35 bits per heavy atom. The van der Waals surface area contributed by atoms with Gasteiger partial charge in [0.2, 0.25) is 16.1 Å². The molecule has 0 aliphatic carbocycles. The fraction of sp³-hybridized carbons (Fsp3) is 0.429. The van der Waals surface area contributed by atoms with E-state index in [0.29, 0.717) is 6.42 Å². The Balaban J connectivity index is 2.01. The molecule has 1 aliphatic heterocycles. The van der Waals surface area contributed by atoms with Gasteiger partial charge in [-0.2, -0.15) is 0 Å². The topological polar surface area (TPSA) is 108 Å². The van der Waals surface area contributed by atoms with E-state index in [9.17, 15) is 18.0 Å². The molecule has 0 bridgehead atoms. The first kappa shape index (κ1) is 17.4. The number of ether oxygens (including phenoxy) is 3. The summed E-state index contributed by atoms with van der Waals surface area (Å²) in [5.41, 5.74) is 0.153. The van der Waals surface area contributed by atoms with E-state index in [1.807, 2.05) is 0 Å². The van der Waals surface area contributed by atoms with E-state index in [4.69, 9.17) is 14.2 Å². The van der Waals surface area contributed by atoms with Crippen LogP contribution in [-0.4, -0.2) is 53.3 Å². The van der Waals surface area contributed by atoms with Crippen LogP contribution in [0.4, 0.5) is 0 Å². The Kier molecular flexibility index (Phi) is 5.69. The maximum absolute atomic E-state index is 12.0. The van der Waals surface area contributed by atoms with Crippen LogP contribution in [0.15, 0.2) is 29.2 Å². The van der Waals surface area contributed by atoms with Crippen LogP contribution in [0.2, 0.25) is 0 Å². The van der Waals surface area contributed by atoms with Crippen LogP contribution in [0.1, 0.15) is 16.8 Å². The second-order valence-electron chi connectivity index (χ2n) is 4.77. The van der Waals surface area contributed by atoms with E-state index in [-0.39, 0.29) is 30.2 Å². The number of esters is 2. The summed E-state index contributed by atoms with van der Waals surface area (Å²) in [5.74, 6) is -1.27. The maximum atomic E-state index is 12.0. The Labute approximate surface area is 133 Å². The number of cyclic esters (lactones) is 1. The van der Waals surface area contributed by atoms with Crippen molar-refractivity contribution in [3.63, 3.8) is 0 Å². The lowest BCUT2D eigenvalue weighted by Gasteiger charge is -2.09. The third kappa shape index (κ3) is 4.50. The van der Waals surface area contributed by atoms with Crippen LogP contribution in [0.25, 0.3) is 0 Å². The summed E-state index contributed by atoms with van der Waals surface area (Å²) < 4.78 is 40.8. The number of nitrogens with one attached hydrogen (secondary N) is 1. The van der Waals surface area contributed by atoms with Gasteiger partial charge in [0.05, 0.1) is 23.7 Å². The standard InChI is InChI=1S/C14H17NO7S/c1-20-9-7-15-23(18,19)11-4-2-10(3-5-11)13(16)22-12-6-8-21-14(12)17/h2-5,12,15H,6-9H2,1H3/t12-/m0/s1. The summed E-state index contributed by atoms with van der Waals surface area (Å²) in [6.45, 7) is 0.620. The largest absolute Gasteiger partial charge is 0.463 e. The van der Waals surface area contributed by atoms with Crippen LogP contribution in [-0.2, 0) is 29.0 Å².